The fourth-order valence-electron chi connectivity index (χ4n) is 3.24. The zero-order chi connectivity index (χ0) is 15.3. The maximum Gasteiger partial charge on any atom is 0.115 e. The molecule has 1 saturated heterocycles. The van der Waals surface area contributed by atoms with E-state index in [0.717, 1.165) is 19.5 Å². The molecule has 1 aromatic carbocycles. The number of piperidine rings is 1. The Morgan fingerprint density at radius 1 is 1.43 bits per heavy atom. The average Bonchev–Trinajstić information content (AvgIpc) is 2.47. The van der Waals surface area contributed by atoms with Crippen molar-refractivity contribution in [3.05, 3.63) is 42.1 Å². The SMILES string of the molecule is CCCC/C=C/N1CCC(C)(c2cccc(O)c2)C(C)C1. The Bertz CT molecular complexity index is 482. The van der Waals surface area contributed by atoms with Gasteiger partial charge in [-0.3, -0.25) is 0 Å². The molecule has 1 heterocycles. The predicted octanol–water partition coefficient (Wildman–Crippen LogP) is 4.70. The highest BCUT2D eigenvalue weighted by molar-refractivity contribution is 5.33. The molecule has 2 atom stereocenters. The normalized spacial score (nSPS) is 26.4. The van der Waals surface area contributed by atoms with Gasteiger partial charge in [-0.15, -0.1) is 0 Å². The van der Waals surface area contributed by atoms with Crippen LogP contribution in [0.1, 0.15) is 52.0 Å². The highest BCUT2D eigenvalue weighted by Gasteiger charge is 2.37. The van der Waals surface area contributed by atoms with E-state index in [2.05, 4.69) is 44.0 Å². The van der Waals surface area contributed by atoms with Crippen LogP contribution in [-0.2, 0) is 5.41 Å². The fourth-order valence-corrected chi connectivity index (χ4v) is 3.24. The Morgan fingerprint density at radius 3 is 2.90 bits per heavy atom. The Hall–Kier alpha value is -1.44. The first-order valence-electron chi connectivity index (χ1n) is 8.26. The minimum atomic E-state index is 0.159. The van der Waals surface area contributed by atoms with Crippen LogP contribution in [-0.4, -0.2) is 23.1 Å². The molecule has 0 aromatic heterocycles. The second-order valence-corrected chi connectivity index (χ2v) is 6.64. The molecule has 2 nitrogen and oxygen atoms in total. The van der Waals surface area contributed by atoms with Gasteiger partial charge in [0.15, 0.2) is 0 Å². The molecule has 0 amide bonds. The Balaban J connectivity index is 2.01. The summed E-state index contributed by atoms with van der Waals surface area (Å²) < 4.78 is 0. The van der Waals surface area contributed by atoms with Gasteiger partial charge in [0, 0.05) is 13.1 Å². The molecule has 2 rings (SSSR count). The first-order valence-corrected chi connectivity index (χ1v) is 8.26. The topological polar surface area (TPSA) is 23.5 Å². The lowest BCUT2D eigenvalue weighted by atomic mass is 9.68. The number of aromatic hydroxyl groups is 1. The minimum Gasteiger partial charge on any atom is -0.508 e. The van der Waals surface area contributed by atoms with Gasteiger partial charge in [0.2, 0.25) is 0 Å². The van der Waals surface area contributed by atoms with Crippen LogP contribution in [0.15, 0.2) is 36.5 Å². The molecular formula is C19H29NO. The van der Waals surface area contributed by atoms with E-state index in [1.807, 2.05) is 12.1 Å². The summed E-state index contributed by atoms with van der Waals surface area (Å²) in [4.78, 5) is 2.45. The van der Waals surface area contributed by atoms with Crippen molar-refractivity contribution in [1.29, 1.82) is 0 Å². The van der Waals surface area contributed by atoms with Gasteiger partial charge in [-0.05, 0) is 48.1 Å². The zero-order valence-electron chi connectivity index (χ0n) is 13.7. The third-order valence-corrected chi connectivity index (χ3v) is 5.06. The molecule has 1 aliphatic rings. The summed E-state index contributed by atoms with van der Waals surface area (Å²) in [5, 5.41) is 9.74. The monoisotopic (exact) mass is 287 g/mol. The van der Waals surface area contributed by atoms with E-state index < -0.39 is 0 Å². The summed E-state index contributed by atoms with van der Waals surface area (Å²) in [6.45, 7) is 9.09. The van der Waals surface area contributed by atoms with Crippen LogP contribution in [0.4, 0.5) is 0 Å². The van der Waals surface area contributed by atoms with Gasteiger partial charge in [-0.25, -0.2) is 0 Å². The van der Waals surface area contributed by atoms with E-state index in [0.29, 0.717) is 11.7 Å². The summed E-state index contributed by atoms with van der Waals surface area (Å²) in [5.74, 6) is 0.951. The van der Waals surface area contributed by atoms with E-state index in [4.69, 9.17) is 0 Å². The highest BCUT2D eigenvalue weighted by atomic mass is 16.3. The number of allylic oxidation sites excluding steroid dienone is 1. The smallest absolute Gasteiger partial charge is 0.115 e. The van der Waals surface area contributed by atoms with E-state index in [1.54, 1.807) is 6.07 Å². The lowest BCUT2D eigenvalue weighted by Crippen LogP contribution is -2.45. The van der Waals surface area contributed by atoms with Crippen molar-refractivity contribution in [2.24, 2.45) is 5.92 Å². The van der Waals surface area contributed by atoms with Crippen molar-refractivity contribution in [3.63, 3.8) is 0 Å². The third kappa shape index (κ3) is 3.81. The molecule has 116 valence electrons. The number of unbranched alkanes of at least 4 members (excludes halogenated alkanes) is 2. The number of hydrogen-bond donors (Lipinski definition) is 1. The Labute approximate surface area is 129 Å². The van der Waals surface area contributed by atoms with Crippen molar-refractivity contribution in [2.45, 2.75) is 51.9 Å². The van der Waals surface area contributed by atoms with Crippen molar-refractivity contribution < 1.29 is 5.11 Å². The standard InChI is InChI=1S/C19H29NO/c1-4-5-6-7-12-20-13-11-19(3,16(2)15-20)17-9-8-10-18(21)14-17/h7-10,12,14,16,21H,4-6,11,13,15H2,1-3H3/b12-7+. The number of nitrogens with zero attached hydrogens (tertiary/aromatic N) is 1. The predicted molar refractivity (Wildman–Crippen MR) is 89.5 cm³/mol. The molecular weight excluding hydrogens is 258 g/mol. The molecule has 1 N–H and O–H groups in total. The second kappa shape index (κ2) is 7.02. The van der Waals surface area contributed by atoms with E-state index in [1.165, 1.54) is 24.8 Å². The second-order valence-electron chi connectivity index (χ2n) is 6.64. The van der Waals surface area contributed by atoms with Crippen LogP contribution < -0.4 is 0 Å². The molecule has 2 heteroatoms. The van der Waals surface area contributed by atoms with Gasteiger partial charge in [0.1, 0.15) is 5.75 Å². The number of phenols is 1. The van der Waals surface area contributed by atoms with Crippen molar-refractivity contribution in [1.82, 2.24) is 4.90 Å². The Kier molecular flexibility index (Phi) is 5.33. The van der Waals surface area contributed by atoms with Gasteiger partial charge >= 0.3 is 0 Å². The number of benzene rings is 1. The van der Waals surface area contributed by atoms with Gasteiger partial charge in [0.25, 0.3) is 0 Å². The minimum absolute atomic E-state index is 0.159. The zero-order valence-corrected chi connectivity index (χ0v) is 13.7. The van der Waals surface area contributed by atoms with E-state index >= 15 is 0 Å². The summed E-state index contributed by atoms with van der Waals surface area (Å²) in [7, 11) is 0. The van der Waals surface area contributed by atoms with Crippen LogP contribution in [0, 0.1) is 5.92 Å². The maximum absolute atomic E-state index is 9.74. The van der Waals surface area contributed by atoms with Crippen molar-refractivity contribution in [3.8, 4) is 5.75 Å². The van der Waals surface area contributed by atoms with Crippen molar-refractivity contribution in [2.75, 3.05) is 13.1 Å². The number of likely N-dealkylation sites (tertiary alicyclic amines) is 1. The number of hydrogen-bond acceptors (Lipinski definition) is 2. The van der Waals surface area contributed by atoms with Crippen LogP contribution in [0.25, 0.3) is 0 Å². The number of phenolic OH excluding ortho intramolecular Hbond substituents is 1. The largest absolute Gasteiger partial charge is 0.508 e. The summed E-state index contributed by atoms with van der Waals surface area (Å²) in [6, 6.07) is 7.80. The Morgan fingerprint density at radius 2 is 2.24 bits per heavy atom. The maximum atomic E-state index is 9.74. The van der Waals surface area contributed by atoms with Gasteiger partial charge in [-0.2, -0.15) is 0 Å². The quantitative estimate of drug-likeness (QED) is 0.794. The summed E-state index contributed by atoms with van der Waals surface area (Å²) in [6.07, 6.45) is 9.46. The first-order chi connectivity index (χ1) is 10.1. The third-order valence-electron chi connectivity index (χ3n) is 5.06. The molecule has 1 aliphatic heterocycles. The lowest BCUT2D eigenvalue weighted by Gasteiger charge is -2.45. The van der Waals surface area contributed by atoms with Crippen LogP contribution in [0.3, 0.4) is 0 Å². The molecule has 1 aromatic rings. The molecule has 2 unspecified atom stereocenters. The van der Waals surface area contributed by atoms with Crippen LogP contribution in [0.2, 0.25) is 0 Å². The van der Waals surface area contributed by atoms with E-state index in [9.17, 15) is 5.11 Å². The van der Waals surface area contributed by atoms with Crippen LogP contribution in [0.5, 0.6) is 5.75 Å². The fraction of sp³-hybridized carbons (Fsp3) is 0.579. The molecule has 1 fully saturated rings. The average molecular weight is 287 g/mol. The van der Waals surface area contributed by atoms with Crippen molar-refractivity contribution >= 4 is 0 Å². The molecule has 0 saturated carbocycles. The molecule has 0 radical (unpaired) electrons. The summed E-state index contributed by atoms with van der Waals surface area (Å²) in [5.41, 5.74) is 1.43. The van der Waals surface area contributed by atoms with E-state index in [-0.39, 0.29) is 5.41 Å². The summed E-state index contributed by atoms with van der Waals surface area (Å²) >= 11 is 0. The van der Waals surface area contributed by atoms with Gasteiger partial charge < -0.3 is 10.0 Å². The molecule has 0 aliphatic carbocycles. The molecule has 0 bridgehead atoms. The molecule has 0 spiro atoms. The van der Waals surface area contributed by atoms with Crippen LogP contribution >= 0.6 is 0 Å². The number of rotatable bonds is 5. The van der Waals surface area contributed by atoms with Gasteiger partial charge in [0.05, 0.1) is 0 Å². The lowest BCUT2D eigenvalue weighted by molar-refractivity contribution is 0.149. The van der Waals surface area contributed by atoms with Gasteiger partial charge in [-0.1, -0.05) is 51.8 Å². The highest BCUT2D eigenvalue weighted by Crippen LogP contribution is 2.40. The first kappa shape index (κ1) is 15.9. The molecule has 21 heavy (non-hydrogen) atoms.